The molecule has 1 unspecified atom stereocenters. The van der Waals surface area contributed by atoms with E-state index >= 15 is 0 Å². The Morgan fingerprint density at radius 2 is 1.94 bits per heavy atom. The number of imidazole rings is 1. The first kappa shape index (κ1) is 19.3. The molecule has 3 N–H and O–H groups in total. The summed E-state index contributed by atoms with van der Waals surface area (Å²) in [5.41, 5.74) is 6.61. The third kappa shape index (κ3) is 3.87. The standard InChI is InChI=1S/C15H15N3O.C9H7FN2/c1-9-8-13(18-19-9)15-14-11(6-7-16-15)10-4-2-3-5-12(10)17-14;10-8-3-1-7(2-4-8)9-5-11-6-12-9/h2-5,8,15-17H,6-7H2,1H3;1-6H,(H,11,12). The molecule has 2 aromatic carbocycles. The van der Waals surface area contributed by atoms with Crippen LogP contribution in [0.15, 0.2) is 71.6 Å². The van der Waals surface area contributed by atoms with Gasteiger partial charge in [0, 0.05) is 29.2 Å². The van der Waals surface area contributed by atoms with Gasteiger partial charge in [0.1, 0.15) is 17.3 Å². The lowest BCUT2D eigenvalue weighted by atomic mass is 9.97. The minimum Gasteiger partial charge on any atom is -0.361 e. The summed E-state index contributed by atoms with van der Waals surface area (Å²) >= 11 is 0. The number of hydrogen-bond donors (Lipinski definition) is 3. The van der Waals surface area contributed by atoms with E-state index in [0.29, 0.717) is 0 Å². The number of H-pyrrole nitrogens is 2. The summed E-state index contributed by atoms with van der Waals surface area (Å²) in [5, 5.41) is 8.99. The fraction of sp³-hybridized carbons (Fsp3) is 0.167. The summed E-state index contributed by atoms with van der Waals surface area (Å²) < 4.78 is 17.7. The molecule has 1 aliphatic heterocycles. The van der Waals surface area contributed by atoms with Crippen molar-refractivity contribution in [3.8, 4) is 11.3 Å². The maximum Gasteiger partial charge on any atom is 0.134 e. The molecule has 0 saturated carbocycles. The highest BCUT2D eigenvalue weighted by atomic mass is 19.1. The zero-order valence-corrected chi connectivity index (χ0v) is 17.0. The zero-order valence-electron chi connectivity index (χ0n) is 17.0. The van der Waals surface area contributed by atoms with Crippen LogP contribution >= 0.6 is 0 Å². The Morgan fingerprint density at radius 3 is 2.68 bits per heavy atom. The Labute approximate surface area is 178 Å². The monoisotopic (exact) mass is 415 g/mol. The van der Waals surface area contributed by atoms with Crippen LogP contribution in [0.2, 0.25) is 0 Å². The summed E-state index contributed by atoms with van der Waals surface area (Å²) in [6.45, 7) is 2.89. The second-order valence-corrected chi connectivity index (χ2v) is 7.53. The Balaban J connectivity index is 0.000000147. The minimum absolute atomic E-state index is 0.105. The van der Waals surface area contributed by atoms with E-state index in [0.717, 1.165) is 35.7 Å². The predicted octanol–water partition coefficient (Wildman–Crippen LogP) is 4.92. The van der Waals surface area contributed by atoms with Gasteiger partial charge in [-0.15, -0.1) is 0 Å². The number of halogens is 1. The van der Waals surface area contributed by atoms with Crippen LogP contribution in [0.4, 0.5) is 4.39 Å². The number of hydrogen-bond acceptors (Lipinski definition) is 4. The molecule has 1 aliphatic rings. The first-order chi connectivity index (χ1) is 15.2. The molecule has 6 rings (SSSR count). The normalized spacial score (nSPS) is 15.4. The van der Waals surface area contributed by atoms with Gasteiger partial charge in [-0.2, -0.15) is 0 Å². The van der Waals surface area contributed by atoms with E-state index in [1.807, 2.05) is 13.0 Å². The van der Waals surface area contributed by atoms with E-state index in [1.54, 1.807) is 24.7 Å². The van der Waals surface area contributed by atoms with Gasteiger partial charge < -0.3 is 19.8 Å². The quantitative estimate of drug-likeness (QED) is 0.382. The van der Waals surface area contributed by atoms with Crippen LogP contribution in [0.3, 0.4) is 0 Å². The molecule has 0 spiro atoms. The van der Waals surface area contributed by atoms with E-state index in [2.05, 4.69) is 49.7 Å². The number of nitrogens with one attached hydrogen (secondary N) is 3. The molecular formula is C24H22FN5O. The van der Waals surface area contributed by atoms with Crippen molar-refractivity contribution in [3.63, 3.8) is 0 Å². The Hall–Kier alpha value is -3.71. The molecule has 0 saturated heterocycles. The zero-order chi connectivity index (χ0) is 21.2. The first-order valence-corrected chi connectivity index (χ1v) is 10.2. The summed E-state index contributed by atoms with van der Waals surface area (Å²) in [6.07, 6.45) is 4.35. The van der Waals surface area contributed by atoms with Gasteiger partial charge in [0.25, 0.3) is 0 Å². The van der Waals surface area contributed by atoms with E-state index in [1.165, 1.54) is 34.3 Å². The summed E-state index contributed by atoms with van der Waals surface area (Å²) in [7, 11) is 0. The highest BCUT2D eigenvalue weighted by Crippen LogP contribution is 2.33. The van der Waals surface area contributed by atoms with E-state index in [-0.39, 0.29) is 11.9 Å². The van der Waals surface area contributed by atoms with Gasteiger partial charge in [-0.05, 0) is 54.8 Å². The van der Waals surface area contributed by atoms with Crippen molar-refractivity contribution in [1.29, 1.82) is 0 Å². The number of benzene rings is 2. The van der Waals surface area contributed by atoms with Crippen LogP contribution in [-0.4, -0.2) is 26.7 Å². The summed E-state index contributed by atoms with van der Waals surface area (Å²) in [6, 6.07) is 16.8. The van der Waals surface area contributed by atoms with Crippen molar-refractivity contribution < 1.29 is 8.91 Å². The van der Waals surface area contributed by atoms with Gasteiger partial charge in [-0.25, -0.2) is 9.37 Å². The van der Waals surface area contributed by atoms with Crippen LogP contribution < -0.4 is 5.32 Å². The van der Waals surface area contributed by atoms with E-state index < -0.39 is 0 Å². The third-order valence-corrected chi connectivity index (χ3v) is 5.45. The van der Waals surface area contributed by atoms with Crippen LogP contribution in [-0.2, 0) is 6.42 Å². The van der Waals surface area contributed by atoms with Crippen molar-refractivity contribution in [1.82, 2.24) is 25.4 Å². The SMILES string of the molecule is Cc1cc(C2NCCc3c2[nH]c2ccccc32)no1.Fc1ccc(-c2cnc[nH]2)cc1. The predicted molar refractivity (Wildman–Crippen MR) is 117 cm³/mol. The lowest BCUT2D eigenvalue weighted by molar-refractivity contribution is 0.381. The highest BCUT2D eigenvalue weighted by Gasteiger charge is 2.27. The largest absolute Gasteiger partial charge is 0.361 e. The number of fused-ring (bicyclic) bond motifs is 3. The molecule has 0 fully saturated rings. The van der Waals surface area contributed by atoms with Gasteiger partial charge in [-0.3, -0.25) is 0 Å². The number of aryl methyl sites for hydroxylation is 1. The molecule has 31 heavy (non-hydrogen) atoms. The van der Waals surface area contributed by atoms with Crippen molar-refractivity contribution >= 4 is 10.9 Å². The molecule has 1 atom stereocenters. The van der Waals surface area contributed by atoms with E-state index in [4.69, 9.17) is 4.52 Å². The molecule has 156 valence electrons. The average molecular weight is 415 g/mol. The number of rotatable bonds is 2. The molecule has 7 heteroatoms. The van der Waals surface area contributed by atoms with Crippen LogP contribution in [0.1, 0.15) is 28.8 Å². The fourth-order valence-electron chi connectivity index (χ4n) is 4.00. The first-order valence-electron chi connectivity index (χ1n) is 10.2. The topological polar surface area (TPSA) is 82.5 Å². The Kier molecular flexibility index (Phi) is 5.09. The molecule has 4 heterocycles. The summed E-state index contributed by atoms with van der Waals surface area (Å²) in [5.74, 6) is 0.623. The lowest BCUT2D eigenvalue weighted by Crippen LogP contribution is -2.30. The van der Waals surface area contributed by atoms with Gasteiger partial charge in [0.2, 0.25) is 0 Å². The van der Waals surface area contributed by atoms with Crippen molar-refractivity contribution in [3.05, 3.63) is 95.7 Å². The van der Waals surface area contributed by atoms with Gasteiger partial charge in [0.05, 0.1) is 24.3 Å². The molecule has 0 aliphatic carbocycles. The molecule has 0 amide bonds. The number of nitrogens with zero attached hydrogens (tertiary/aromatic N) is 2. The Morgan fingerprint density at radius 1 is 1.10 bits per heavy atom. The summed E-state index contributed by atoms with van der Waals surface area (Å²) in [4.78, 5) is 10.3. The van der Waals surface area contributed by atoms with Crippen molar-refractivity contribution in [2.45, 2.75) is 19.4 Å². The second kappa shape index (κ2) is 8.20. The van der Waals surface area contributed by atoms with Gasteiger partial charge in [0.15, 0.2) is 0 Å². The maximum absolute atomic E-state index is 12.5. The van der Waals surface area contributed by atoms with Gasteiger partial charge >= 0.3 is 0 Å². The Bertz CT molecular complexity index is 1290. The minimum atomic E-state index is -0.224. The molecule has 5 aromatic rings. The lowest BCUT2D eigenvalue weighted by Gasteiger charge is -2.22. The van der Waals surface area contributed by atoms with E-state index in [9.17, 15) is 4.39 Å². The van der Waals surface area contributed by atoms with Crippen LogP contribution in [0.25, 0.3) is 22.2 Å². The number of para-hydroxylation sites is 1. The average Bonchev–Trinajstić information content (AvgIpc) is 3.54. The number of aromatic amines is 2. The molecule has 3 aromatic heterocycles. The van der Waals surface area contributed by atoms with Crippen molar-refractivity contribution in [2.24, 2.45) is 0 Å². The van der Waals surface area contributed by atoms with Crippen LogP contribution in [0.5, 0.6) is 0 Å². The van der Waals surface area contributed by atoms with Crippen molar-refractivity contribution in [2.75, 3.05) is 6.54 Å². The van der Waals surface area contributed by atoms with Gasteiger partial charge in [-0.1, -0.05) is 23.4 Å². The van der Waals surface area contributed by atoms with Crippen LogP contribution in [0, 0.1) is 12.7 Å². The maximum atomic E-state index is 12.5. The number of aromatic nitrogens is 4. The highest BCUT2D eigenvalue weighted by molar-refractivity contribution is 5.85. The smallest absolute Gasteiger partial charge is 0.134 e. The molecular weight excluding hydrogens is 393 g/mol. The second-order valence-electron chi connectivity index (χ2n) is 7.53. The molecule has 6 nitrogen and oxygen atoms in total. The molecule has 0 radical (unpaired) electrons. The fourth-order valence-corrected chi connectivity index (χ4v) is 4.00. The molecule has 0 bridgehead atoms. The third-order valence-electron chi connectivity index (χ3n) is 5.45.